The van der Waals surface area contributed by atoms with Crippen LogP contribution in [0.3, 0.4) is 0 Å². The zero-order chi connectivity index (χ0) is 23.8. The molecule has 5 rings (SSSR count). The molecule has 1 aliphatic carbocycles. The molecule has 2 aromatic heterocycles. The van der Waals surface area contributed by atoms with Gasteiger partial charge in [0, 0.05) is 37.1 Å². The molecule has 3 heterocycles. The van der Waals surface area contributed by atoms with Gasteiger partial charge in [-0.25, -0.2) is 4.98 Å². The van der Waals surface area contributed by atoms with Gasteiger partial charge < -0.3 is 20.2 Å². The highest BCUT2D eigenvalue weighted by Crippen LogP contribution is 2.40. The van der Waals surface area contributed by atoms with Gasteiger partial charge in [-0.05, 0) is 37.1 Å². The van der Waals surface area contributed by atoms with E-state index < -0.39 is 6.04 Å². The smallest absolute Gasteiger partial charge is 0.250 e. The Morgan fingerprint density at radius 3 is 2.56 bits per heavy atom. The molecule has 1 fully saturated rings. The van der Waals surface area contributed by atoms with Crippen LogP contribution in [0.1, 0.15) is 31.4 Å². The van der Waals surface area contributed by atoms with Gasteiger partial charge in [-0.2, -0.15) is 4.98 Å². The van der Waals surface area contributed by atoms with Crippen LogP contribution in [0.15, 0.2) is 42.7 Å². The second-order valence-electron chi connectivity index (χ2n) is 8.60. The lowest BCUT2D eigenvalue weighted by molar-refractivity contribution is -0.120. The van der Waals surface area contributed by atoms with E-state index >= 15 is 0 Å². The van der Waals surface area contributed by atoms with Crippen LogP contribution in [0.4, 0.5) is 23.1 Å². The molecule has 1 amide bonds. The van der Waals surface area contributed by atoms with E-state index in [4.69, 9.17) is 28.2 Å². The van der Waals surface area contributed by atoms with E-state index in [0.29, 0.717) is 29.6 Å². The van der Waals surface area contributed by atoms with Gasteiger partial charge in [0.25, 0.3) is 0 Å². The van der Waals surface area contributed by atoms with E-state index in [1.807, 2.05) is 18.2 Å². The average molecular weight is 499 g/mol. The highest BCUT2D eigenvalue weighted by molar-refractivity contribution is 6.37. The molecule has 34 heavy (non-hydrogen) atoms. The Kier molecular flexibility index (Phi) is 6.18. The van der Waals surface area contributed by atoms with Gasteiger partial charge in [0.1, 0.15) is 11.7 Å². The van der Waals surface area contributed by atoms with Crippen LogP contribution in [0.25, 0.3) is 0 Å². The summed E-state index contributed by atoms with van der Waals surface area (Å²) in [7, 11) is 1.76. The van der Waals surface area contributed by atoms with Gasteiger partial charge in [0.2, 0.25) is 11.9 Å². The molecule has 1 aromatic carbocycles. The summed E-state index contributed by atoms with van der Waals surface area (Å²) < 4.78 is 0. The fourth-order valence-electron chi connectivity index (χ4n) is 4.74. The molecule has 8 nitrogen and oxygen atoms in total. The normalized spacial score (nSPS) is 18.3. The molecule has 2 N–H and O–H groups in total. The van der Waals surface area contributed by atoms with Gasteiger partial charge >= 0.3 is 0 Å². The van der Waals surface area contributed by atoms with Crippen LogP contribution in [-0.2, 0) is 11.2 Å². The molecular weight excluding hydrogens is 475 g/mol. The number of carbonyl (C=O) groups is 1. The number of rotatable bonds is 5. The number of carbonyl (C=O) groups excluding carboxylic acids is 1. The van der Waals surface area contributed by atoms with Crippen molar-refractivity contribution in [2.75, 3.05) is 22.2 Å². The van der Waals surface area contributed by atoms with Crippen LogP contribution >= 0.6 is 23.2 Å². The van der Waals surface area contributed by atoms with Gasteiger partial charge in [0.15, 0.2) is 11.6 Å². The number of nitrogens with one attached hydrogen (secondary N) is 1. The van der Waals surface area contributed by atoms with Gasteiger partial charge in [-0.1, -0.05) is 42.1 Å². The highest BCUT2D eigenvalue weighted by Gasteiger charge is 2.42. The van der Waals surface area contributed by atoms with Crippen molar-refractivity contribution in [2.24, 2.45) is 0 Å². The third kappa shape index (κ3) is 4.23. The van der Waals surface area contributed by atoms with Crippen LogP contribution in [0, 0.1) is 0 Å². The number of fused-ring (bicyclic) bond motifs is 1. The number of aromatic nitrogens is 3. The van der Waals surface area contributed by atoms with E-state index in [-0.39, 0.29) is 27.7 Å². The predicted octanol–water partition coefficient (Wildman–Crippen LogP) is 4.96. The lowest BCUT2D eigenvalue weighted by atomic mass is 10.0. The summed E-state index contributed by atoms with van der Waals surface area (Å²) in [5.41, 5.74) is 2.08. The first kappa shape index (κ1) is 22.7. The number of aromatic hydroxyl groups is 1. The number of likely N-dealkylation sites (N-methyl/N-ethyl adjacent to an activating group) is 1. The zero-order valence-electron chi connectivity index (χ0n) is 18.6. The largest absolute Gasteiger partial charge is 0.505 e. The van der Waals surface area contributed by atoms with Crippen LogP contribution in [0.2, 0.25) is 10.0 Å². The van der Waals surface area contributed by atoms with Crippen molar-refractivity contribution in [3.8, 4) is 5.75 Å². The number of halogens is 2. The predicted molar refractivity (Wildman–Crippen MR) is 133 cm³/mol. The summed E-state index contributed by atoms with van der Waals surface area (Å²) in [6.45, 7) is 0. The number of hydrogen-bond donors (Lipinski definition) is 2. The van der Waals surface area contributed by atoms with Crippen molar-refractivity contribution in [1.82, 2.24) is 15.0 Å². The summed E-state index contributed by atoms with van der Waals surface area (Å²) in [5, 5.41) is 13.2. The molecule has 10 heteroatoms. The lowest BCUT2D eigenvalue weighted by Crippen LogP contribution is -2.57. The molecule has 2 aliphatic rings. The summed E-state index contributed by atoms with van der Waals surface area (Å²) in [5.74, 6) is 0.888. The Bertz CT molecular complexity index is 1200. The Hall–Kier alpha value is -3.10. The van der Waals surface area contributed by atoms with Crippen LogP contribution in [-0.4, -0.2) is 45.1 Å². The van der Waals surface area contributed by atoms with Crippen molar-refractivity contribution in [3.05, 3.63) is 58.5 Å². The fraction of sp³-hybridized carbons (Fsp3) is 0.333. The summed E-state index contributed by atoms with van der Waals surface area (Å²) in [6.07, 6.45) is 8.16. The number of hydrogen-bond acceptors (Lipinski definition) is 7. The average Bonchev–Trinajstić information content (AvgIpc) is 3.36. The molecule has 0 spiro atoms. The van der Waals surface area contributed by atoms with Crippen molar-refractivity contribution >= 4 is 52.3 Å². The van der Waals surface area contributed by atoms with Crippen molar-refractivity contribution in [2.45, 2.75) is 44.2 Å². The lowest BCUT2D eigenvalue weighted by Gasteiger charge is -2.43. The quantitative estimate of drug-likeness (QED) is 0.479. The number of amides is 1. The minimum Gasteiger partial charge on any atom is -0.505 e. The minimum absolute atomic E-state index is 0.00598. The Morgan fingerprint density at radius 1 is 1.15 bits per heavy atom. The molecule has 1 atom stereocenters. The first-order valence-electron chi connectivity index (χ1n) is 11.2. The second kappa shape index (κ2) is 9.27. The number of pyridine rings is 1. The molecular formula is C24H24Cl2N6O2. The molecule has 176 valence electrons. The Labute approximate surface area is 207 Å². The number of phenols is 1. The summed E-state index contributed by atoms with van der Waals surface area (Å²) >= 11 is 12.1. The topological polar surface area (TPSA) is 94.5 Å². The van der Waals surface area contributed by atoms with E-state index in [0.717, 1.165) is 31.4 Å². The Morgan fingerprint density at radius 2 is 1.88 bits per heavy atom. The summed E-state index contributed by atoms with van der Waals surface area (Å²) in [4.78, 5) is 31.0. The number of anilines is 4. The maximum atomic E-state index is 13.5. The van der Waals surface area contributed by atoms with Crippen LogP contribution in [0.5, 0.6) is 5.75 Å². The van der Waals surface area contributed by atoms with Crippen molar-refractivity contribution in [1.29, 1.82) is 0 Å². The van der Waals surface area contributed by atoms with E-state index in [2.05, 4.69) is 20.2 Å². The molecule has 1 aliphatic heterocycles. The van der Waals surface area contributed by atoms with Gasteiger partial charge in [-0.15, -0.1) is 0 Å². The minimum atomic E-state index is -0.407. The highest BCUT2D eigenvalue weighted by atomic mass is 35.5. The third-order valence-corrected chi connectivity index (χ3v) is 7.00. The van der Waals surface area contributed by atoms with Gasteiger partial charge in [0.05, 0.1) is 16.2 Å². The van der Waals surface area contributed by atoms with E-state index in [9.17, 15) is 9.90 Å². The maximum Gasteiger partial charge on any atom is 0.250 e. The molecule has 0 bridgehead atoms. The molecule has 0 radical (unpaired) electrons. The number of nitrogens with zero attached hydrogens (tertiary/aromatic N) is 5. The standard InChI is InChI=1S/C24H24Cl2N6O2/c1-31-20-13-28-24(29-15-10-17(25)21(33)18(26)11-15)30-22(20)32(16-7-2-3-8-16)19(23(31)34)12-14-6-4-5-9-27-14/h4-6,9-11,13,16,19,33H,2-3,7-8,12H2,1H3,(H,28,29,30)/t19-/m1/s1. The van der Waals surface area contributed by atoms with Crippen molar-refractivity contribution < 1.29 is 9.90 Å². The second-order valence-corrected chi connectivity index (χ2v) is 9.41. The van der Waals surface area contributed by atoms with E-state index in [1.165, 1.54) is 0 Å². The third-order valence-electron chi connectivity index (χ3n) is 6.43. The van der Waals surface area contributed by atoms with Crippen molar-refractivity contribution in [3.63, 3.8) is 0 Å². The zero-order valence-corrected chi connectivity index (χ0v) is 20.1. The van der Waals surface area contributed by atoms with E-state index in [1.54, 1.807) is 36.5 Å². The molecule has 3 aromatic rings. The Balaban J connectivity index is 1.54. The molecule has 0 saturated heterocycles. The SMILES string of the molecule is CN1C(=O)[C@@H](Cc2ccccn2)N(C2CCCC2)c2nc(Nc3cc(Cl)c(O)c(Cl)c3)ncc21. The number of phenolic OH excluding ortho intramolecular Hbond substituents is 1. The first-order chi connectivity index (χ1) is 16.4. The first-order valence-corrected chi connectivity index (χ1v) is 12.0. The van der Waals surface area contributed by atoms with Crippen LogP contribution < -0.4 is 15.1 Å². The molecule has 1 saturated carbocycles. The monoisotopic (exact) mass is 498 g/mol. The maximum absolute atomic E-state index is 13.5. The summed E-state index contributed by atoms with van der Waals surface area (Å²) in [6, 6.07) is 8.67. The molecule has 0 unspecified atom stereocenters. The van der Waals surface area contributed by atoms with Gasteiger partial charge in [-0.3, -0.25) is 9.78 Å². The fourth-order valence-corrected chi connectivity index (χ4v) is 5.23. The number of benzene rings is 1.